The van der Waals surface area contributed by atoms with Crippen molar-refractivity contribution in [3.05, 3.63) is 0 Å². The molecule has 25 heavy (non-hydrogen) atoms. The highest BCUT2D eigenvalue weighted by atomic mass is 16.6. The summed E-state index contributed by atoms with van der Waals surface area (Å²) in [5.74, 6) is -1.21. The van der Waals surface area contributed by atoms with Crippen LogP contribution in [-0.2, 0) is 19.1 Å². The van der Waals surface area contributed by atoms with E-state index in [1.54, 1.807) is 27.7 Å². The molecule has 0 heterocycles. The van der Waals surface area contributed by atoms with Crippen LogP contribution in [0.5, 0.6) is 0 Å². The molecule has 0 saturated carbocycles. The van der Waals surface area contributed by atoms with Gasteiger partial charge in [0, 0.05) is 0 Å². The fourth-order valence-electron chi connectivity index (χ4n) is 2.02. The second-order valence-corrected chi connectivity index (χ2v) is 7.31. The van der Waals surface area contributed by atoms with Crippen molar-refractivity contribution in [3.63, 3.8) is 0 Å². The fourth-order valence-corrected chi connectivity index (χ4v) is 2.02. The Morgan fingerprint density at radius 3 is 2.04 bits per heavy atom. The molecule has 0 fully saturated rings. The Bertz CT molecular complexity index is 457. The Labute approximate surface area is 149 Å². The number of nitrogens with one attached hydrogen (secondary N) is 2. The summed E-state index contributed by atoms with van der Waals surface area (Å²) in [6.45, 7) is 12.1. The first-order chi connectivity index (χ1) is 11.4. The molecule has 3 N–H and O–H groups in total. The van der Waals surface area contributed by atoms with E-state index in [-0.39, 0.29) is 12.5 Å². The molecule has 0 aromatic carbocycles. The van der Waals surface area contributed by atoms with Gasteiger partial charge in [-0.25, -0.2) is 9.59 Å². The highest BCUT2D eigenvalue weighted by Gasteiger charge is 2.31. The van der Waals surface area contributed by atoms with Crippen LogP contribution in [0.15, 0.2) is 0 Å². The van der Waals surface area contributed by atoms with Crippen LogP contribution in [0, 0.1) is 5.92 Å². The van der Waals surface area contributed by atoms with E-state index in [9.17, 15) is 19.5 Å². The minimum absolute atomic E-state index is 0.110. The van der Waals surface area contributed by atoms with Gasteiger partial charge in [0.1, 0.15) is 11.6 Å². The quantitative estimate of drug-likeness (QED) is 0.563. The maximum absolute atomic E-state index is 12.5. The van der Waals surface area contributed by atoms with Gasteiger partial charge in [-0.3, -0.25) is 4.79 Å². The predicted molar refractivity (Wildman–Crippen MR) is 92.9 cm³/mol. The zero-order valence-corrected chi connectivity index (χ0v) is 16.2. The van der Waals surface area contributed by atoms with Crippen molar-refractivity contribution in [2.75, 3.05) is 6.61 Å². The van der Waals surface area contributed by atoms with Gasteiger partial charge in [0.05, 0.1) is 12.7 Å². The summed E-state index contributed by atoms with van der Waals surface area (Å²) in [5, 5.41) is 14.7. The standard InChI is InChI=1S/C17H32N2O6/c1-8-24-15(22)13(11(4)20)19-14(21)12(9-10(2)3)18-16(23)25-17(5,6)7/h10-13,20H,8-9H2,1-7H3,(H,18,23)(H,19,21)/t11?,12-,13-/m0/s1. The van der Waals surface area contributed by atoms with Crippen molar-refractivity contribution in [2.45, 2.75) is 78.7 Å². The molecule has 0 aliphatic heterocycles. The molecular formula is C17H32N2O6. The van der Waals surface area contributed by atoms with Gasteiger partial charge in [0.15, 0.2) is 6.04 Å². The number of hydrogen-bond acceptors (Lipinski definition) is 6. The highest BCUT2D eigenvalue weighted by Crippen LogP contribution is 2.10. The molecule has 0 radical (unpaired) electrons. The molecular weight excluding hydrogens is 328 g/mol. The second-order valence-electron chi connectivity index (χ2n) is 7.31. The van der Waals surface area contributed by atoms with Crippen molar-refractivity contribution in [2.24, 2.45) is 5.92 Å². The van der Waals surface area contributed by atoms with Gasteiger partial charge in [0.2, 0.25) is 5.91 Å². The van der Waals surface area contributed by atoms with E-state index in [2.05, 4.69) is 10.6 Å². The number of aliphatic hydroxyl groups excluding tert-OH is 1. The molecule has 0 bridgehead atoms. The summed E-state index contributed by atoms with van der Waals surface area (Å²) >= 11 is 0. The molecule has 0 aliphatic rings. The van der Waals surface area contributed by atoms with Crippen molar-refractivity contribution >= 4 is 18.0 Å². The first kappa shape index (κ1) is 23.2. The SMILES string of the molecule is CCOC(=O)[C@@H](NC(=O)[C@H](CC(C)C)NC(=O)OC(C)(C)C)C(C)O. The summed E-state index contributed by atoms with van der Waals surface area (Å²) in [6.07, 6.45) is -1.51. The third-order valence-corrected chi connectivity index (χ3v) is 3.04. The van der Waals surface area contributed by atoms with E-state index in [4.69, 9.17) is 9.47 Å². The number of esters is 1. The van der Waals surface area contributed by atoms with Gasteiger partial charge in [-0.15, -0.1) is 0 Å². The van der Waals surface area contributed by atoms with Crippen molar-refractivity contribution in [1.29, 1.82) is 0 Å². The molecule has 0 saturated heterocycles. The van der Waals surface area contributed by atoms with Crippen LogP contribution in [0.25, 0.3) is 0 Å². The van der Waals surface area contributed by atoms with Gasteiger partial charge in [-0.05, 0) is 47.0 Å². The number of carbonyl (C=O) groups excluding carboxylic acids is 3. The monoisotopic (exact) mass is 360 g/mol. The maximum Gasteiger partial charge on any atom is 0.408 e. The van der Waals surface area contributed by atoms with E-state index >= 15 is 0 Å². The molecule has 0 aromatic rings. The minimum Gasteiger partial charge on any atom is -0.464 e. The summed E-state index contributed by atoms with van der Waals surface area (Å²) in [5.41, 5.74) is -0.698. The largest absolute Gasteiger partial charge is 0.464 e. The molecule has 1 unspecified atom stereocenters. The zero-order chi connectivity index (χ0) is 19.8. The van der Waals surface area contributed by atoms with E-state index in [1.165, 1.54) is 6.92 Å². The average molecular weight is 360 g/mol. The Morgan fingerprint density at radius 2 is 1.64 bits per heavy atom. The van der Waals surface area contributed by atoms with E-state index in [0.717, 1.165) is 0 Å². The Kier molecular flexibility index (Phi) is 9.48. The lowest BCUT2D eigenvalue weighted by Crippen LogP contribution is -2.55. The normalized spacial score (nSPS) is 15.1. The molecule has 146 valence electrons. The molecule has 2 amide bonds. The van der Waals surface area contributed by atoms with Crippen molar-refractivity contribution in [1.82, 2.24) is 10.6 Å². The molecule has 8 heteroatoms. The number of aliphatic hydroxyl groups is 1. The van der Waals surface area contributed by atoms with Crippen LogP contribution in [0.2, 0.25) is 0 Å². The van der Waals surface area contributed by atoms with Gasteiger partial charge in [-0.1, -0.05) is 13.8 Å². The van der Waals surface area contributed by atoms with E-state index in [1.807, 2.05) is 13.8 Å². The van der Waals surface area contributed by atoms with Gasteiger partial charge in [-0.2, -0.15) is 0 Å². The molecule has 0 rings (SSSR count). The molecule has 0 aromatic heterocycles. The molecule has 0 aliphatic carbocycles. The van der Waals surface area contributed by atoms with Crippen LogP contribution < -0.4 is 10.6 Å². The topological polar surface area (TPSA) is 114 Å². The molecule has 3 atom stereocenters. The van der Waals surface area contributed by atoms with Gasteiger partial charge in [0.25, 0.3) is 0 Å². The van der Waals surface area contributed by atoms with Crippen LogP contribution in [0.1, 0.15) is 54.9 Å². The van der Waals surface area contributed by atoms with Crippen LogP contribution in [0.3, 0.4) is 0 Å². The third kappa shape index (κ3) is 9.91. The maximum atomic E-state index is 12.5. The summed E-state index contributed by atoms with van der Waals surface area (Å²) in [6, 6.07) is -2.10. The lowest BCUT2D eigenvalue weighted by molar-refractivity contribution is -0.150. The summed E-state index contributed by atoms with van der Waals surface area (Å²) < 4.78 is 10.0. The first-order valence-corrected chi connectivity index (χ1v) is 8.52. The molecule has 0 spiro atoms. The highest BCUT2D eigenvalue weighted by molar-refractivity contribution is 5.90. The lowest BCUT2D eigenvalue weighted by Gasteiger charge is -2.26. The number of carbonyl (C=O) groups is 3. The van der Waals surface area contributed by atoms with E-state index in [0.29, 0.717) is 6.42 Å². The molecule has 8 nitrogen and oxygen atoms in total. The van der Waals surface area contributed by atoms with Crippen LogP contribution in [-0.4, -0.2) is 53.5 Å². The van der Waals surface area contributed by atoms with Crippen LogP contribution in [0.4, 0.5) is 4.79 Å². The second kappa shape index (κ2) is 10.2. The van der Waals surface area contributed by atoms with Crippen molar-refractivity contribution < 1.29 is 29.0 Å². The van der Waals surface area contributed by atoms with Crippen molar-refractivity contribution in [3.8, 4) is 0 Å². The number of rotatable bonds is 8. The fraction of sp³-hybridized carbons (Fsp3) is 0.824. The zero-order valence-electron chi connectivity index (χ0n) is 16.2. The smallest absolute Gasteiger partial charge is 0.408 e. The van der Waals surface area contributed by atoms with Crippen LogP contribution >= 0.6 is 0 Å². The Hall–Kier alpha value is -1.83. The average Bonchev–Trinajstić information content (AvgIpc) is 2.40. The number of alkyl carbamates (subject to hydrolysis) is 1. The summed E-state index contributed by atoms with van der Waals surface area (Å²) in [7, 11) is 0. The van der Waals surface area contributed by atoms with Gasteiger partial charge >= 0.3 is 12.1 Å². The Balaban J connectivity index is 5.08. The predicted octanol–water partition coefficient (Wildman–Crippen LogP) is 1.35. The first-order valence-electron chi connectivity index (χ1n) is 8.52. The lowest BCUT2D eigenvalue weighted by atomic mass is 10.0. The third-order valence-electron chi connectivity index (χ3n) is 3.04. The summed E-state index contributed by atoms with van der Waals surface area (Å²) in [4.78, 5) is 36.3. The number of hydrogen-bond donors (Lipinski definition) is 3. The number of amides is 2. The van der Waals surface area contributed by atoms with Gasteiger partial charge < -0.3 is 25.2 Å². The minimum atomic E-state index is -1.21. The van der Waals surface area contributed by atoms with E-state index < -0.39 is 41.8 Å². The Morgan fingerprint density at radius 1 is 1.08 bits per heavy atom. The number of ether oxygens (including phenoxy) is 2.